The van der Waals surface area contributed by atoms with E-state index in [-0.39, 0.29) is 5.02 Å². The fourth-order valence-electron chi connectivity index (χ4n) is 1.69. The summed E-state index contributed by atoms with van der Waals surface area (Å²) in [7, 11) is 0. The number of phenols is 1. The third-order valence-corrected chi connectivity index (χ3v) is 3.10. The molecule has 2 aromatic rings. The van der Waals surface area contributed by atoms with Crippen LogP contribution in [0, 0.1) is 12.7 Å². The normalized spacial score (nSPS) is 11.7. The van der Waals surface area contributed by atoms with E-state index in [1.54, 1.807) is 0 Å². The minimum atomic E-state index is -4.74. The van der Waals surface area contributed by atoms with Crippen LogP contribution in [-0.4, -0.2) is 14.9 Å². The molecule has 112 valence electrons. The standard InChI is InChI=1S/C12H7ClF4N2O2/c1-5-6(12(15,16)17)4-18-19(11(5)21)8-3-2-7(13)10(20)9(8)14/h2-4,20H,1H3. The smallest absolute Gasteiger partial charge is 0.418 e. The van der Waals surface area contributed by atoms with Crippen molar-refractivity contribution in [1.82, 2.24) is 9.78 Å². The number of phenolic OH excluding ortho intramolecular Hbond substituents is 1. The van der Waals surface area contributed by atoms with E-state index in [4.69, 9.17) is 11.6 Å². The summed E-state index contributed by atoms with van der Waals surface area (Å²) in [5.74, 6) is -2.17. The second-order valence-electron chi connectivity index (χ2n) is 4.13. The summed E-state index contributed by atoms with van der Waals surface area (Å²) in [6, 6.07) is 2.12. The Kier molecular flexibility index (Phi) is 3.66. The van der Waals surface area contributed by atoms with Crippen molar-refractivity contribution in [2.45, 2.75) is 13.1 Å². The highest BCUT2D eigenvalue weighted by atomic mass is 35.5. The quantitative estimate of drug-likeness (QED) is 0.821. The van der Waals surface area contributed by atoms with Crippen molar-refractivity contribution in [1.29, 1.82) is 0 Å². The first-order chi connectivity index (χ1) is 9.64. The molecule has 1 aromatic heterocycles. The lowest BCUT2D eigenvalue weighted by Gasteiger charge is -2.12. The predicted octanol–water partition coefficient (Wildman–Crippen LogP) is 3.06. The van der Waals surface area contributed by atoms with E-state index >= 15 is 0 Å². The first kappa shape index (κ1) is 15.3. The molecule has 21 heavy (non-hydrogen) atoms. The van der Waals surface area contributed by atoms with Crippen LogP contribution in [0.4, 0.5) is 17.6 Å². The number of benzene rings is 1. The number of aromatic nitrogens is 2. The molecule has 0 radical (unpaired) electrons. The van der Waals surface area contributed by atoms with E-state index in [0.717, 1.165) is 19.1 Å². The molecular weight excluding hydrogens is 316 g/mol. The van der Waals surface area contributed by atoms with Crippen LogP contribution in [0.2, 0.25) is 5.02 Å². The van der Waals surface area contributed by atoms with Crippen molar-refractivity contribution >= 4 is 11.6 Å². The maximum absolute atomic E-state index is 13.8. The van der Waals surface area contributed by atoms with Crippen LogP contribution < -0.4 is 5.56 Å². The van der Waals surface area contributed by atoms with Crippen molar-refractivity contribution in [3.63, 3.8) is 0 Å². The number of hydrogen-bond donors (Lipinski definition) is 1. The first-order valence-corrected chi connectivity index (χ1v) is 5.86. The maximum atomic E-state index is 13.8. The van der Waals surface area contributed by atoms with E-state index in [9.17, 15) is 27.5 Å². The third kappa shape index (κ3) is 2.58. The highest BCUT2D eigenvalue weighted by Gasteiger charge is 2.34. The fourth-order valence-corrected chi connectivity index (χ4v) is 1.84. The molecule has 0 aliphatic carbocycles. The van der Waals surface area contributed by atoms with E-state index in [1.165, 1.54) is 0 Å². The number of nitrogens with zero attached hydrogens (tertiary/aromatic N) is 2. The molecule has 1 aromatic carbocycles. The number of hydrogen-bond acceptors (Lipinski definition) is 3. The van der Waals surface area contributed by atoms with Crippen molar-refractivity contribution in [2.24, 2.45) is 0 Å². The van der Waals surface area contributed by atoms with Crippen LogP contribution in [0.1, 0.15) is 11.1 Å². The Labute approximate surface area is 120 Å². The summed E-state index contributed by atoms with van der Waals surface area (Å²) in [6.45, 7) is 0.955. The van der Waals surface area contributed by atoms with Crippen LogP contribution in [0.3, 0.4) is 0 Å². The molecule has 4 nitrogen and oxygen atoms in total. The van der Waals surface area contributed by atoms with Gasteiger partial charge in [-0.1, -0.05) is 11.6 Å². The monoisotopic (exact) mass is 322 g/mol. The number of rotatable bonds is 1. The molecule has 0 fully saturated rings. The van der Waals surface area contributed by atoms with Crippen molar-refractivity contribution in [2.75, 3.05) is 0 Å². The van der Waals surface area contributed by atoms with Gasteiger partial charge in [-0.3, -0.25) is 4.79 Å². The average molecular weight is 323 g/mol. The minimum absolute atomic E-state index is 0.298. The molecule has 0 amide bonds. The molecule has 2 rings (SSSR count). The van der Waals surface area contributed by atoms with Gasteiger partial charge in [0.15, 0.2) is 11.6 Å². The largest absolute Gasteiger partial charge is 0.504 e. The summed E-state index contributed by atoms with van der Waals surface area (Å²) in [4.78, 5) is 11.9. The van der Waals surface area contributed by atoms with Crippen LogP contribution >= 0.6 is 11.6 Å². The Hall–Kier alpha value is -2.09. The van der Waals surface area contributed by atoms with E-state index in [2.05, 4.69) is 5.10 Å². The molecule has 0 aliphatic rings. The number of aromatic hydroxyl groups is 1. The molecule has 0 atom stereocenters. The highest BCUT2D eigenvalue weighted by molar-refractivity contribution is 6.32. The molecule has 0 saturated heterocycles. The first-order valence-electron chi connectivity index (χ1n) is 5.48. The predicted molar refractivity (Wildman–Crippen MR) is 66.2 cm³/mol. The number of alkyl halides is 3. The molecule has 0 saturated carbocycles. The van der Waals surface area contributed by atoms with Gasteiger partial charge in [0.05, 0.1) is 16.8 Å². The zero-order chi connectivity index (χ0) is 15.9. The van der Waals surface area contributed by atoms with Gasteiger partial charge in [-0.2, -0.15) is 23.0 Å². The van der Waals surface area contributed by atoms with E-state index in [0.29, 0.717) is 10.9 Å². The van der Waals surface area contributed by atoms with Crippen LogP contribution in [0.15, 0.2) is 23.1 Å². The highest BCUT2D eigenvalue weighted by Crippen LogP contribution is 2.31. The Morgan fingerprint density at radius 1 is 1.33 bits per heavy atom. The zero-order valence-corrected chi connectivity index (χ0v) is 11.1. The molecule has 0 bridgehead atoms. The van der Waals surface area contributed by atoms with Gasteiger partial charge in [-0.25, -0.2) is 4.39 Å². The summed E-state index contributed by atoms with van der Waals surface area (Å²) in [5, 5.41) is 12.4. The van der Waals surface area contributed by atoms with Gasteiger partial charge in [-0.05, 0) is 19.1 Å². The van der Waals surface area contributed by atoms with E-state index < -0.39 is 40.1 Å². The summed E-state index contributed by atoms with van der Waals surface area (Å²) in [5.41, 5.74) is -3.49. The van der Waals surface area contributed by atoms with Crippen molar-refractivity contribution < 1.29 is 22.7 Å². The molecular formula is C12H7ClF4N2O2. The van der Waals surface area contributed by atoms with Crippen LogP contribution in [0.5, 0.6) is 5.75 Å². The second kappa shape index (κ2) is 5.03. The Morgan fingerprint density at radius 2 is 1.95 bits per heavy atom. The topological polar surface area (TPSA) is 55.1 Å². The van der Waals surface area contributed by atoms with Gasteiger partial charge in [-0.15, -0.1) is 0 Å². The van der Waals surface area contributed by atoms with Crippen molar-refractivity contribution in [3.05, 3.63) is 50.7 Å². The lowest BCUT2D eigenvalue weighted by molar-refractivity contribution is -0.138. The lowest BCUT2D eigenvalue weighted by atomic mass is 10.2. The summed E-state index contributed by atoms with van der Waals surface area (Å²) in [6.07, 6.45) is -4.32. The maximum Gasteiger partial charge on any atom is 0.418 e. The zero-order valence-electron chi connectivity index (χ0n) is 10.4. The van der Waals surface area contributed by atoms with Crippen LogP contribution in [-0.2, 0) is 6.18 Å². The molecule has 0 spiro atoms. The van der Waals surface area contributed by atoms with Gasteiger partial charge in [0.1, 0.15) is 5.69 Å². The summed E-state index contributed by atoms with van der Waals surface area (Å²) < 4.78 is 52.2. The average Bonchev–Trinajstić information content (AvgIpc) is 2.39. The number of halogens is 5. The Bertz CT molecular complexity index is 771. The third-order valence-electron chi connectivity index (χ3n) is 2.80. The summed E-state index contributed by atoms with van der Waals surface area (Å²) >= 11 is 5.48. The Balaban J connectivity index is 2.71. The molecule has 1 heterocycles. The van der Waals surface area contributed by atoms with Gasteiger partial charge >= 0.3 is 6.18 Å². The molecule has 9 heteroatoms. The van der Waals surface area contributed by atoms with Crippen molar-refractivity contribution in [3.8, 4) is 11.4 Å². The van der Waals surface area contributed by atoms with Gasteiger partial charge in [0.25, 0.3) is 5.56 Å². The molecule has 0 unspecified atom stereocenters. The van der Waals surface area contributed by atoms with Gasteiger partial charge in [0, 0.05) is 5.56 Å². The lowest BCUT2D eigenvalue weighted by Crippen LogP contribution is -2.27. The van der Waals surface area contributed by atoms with Gasteiger partial charge < -0.3 is 5.11 Å². The van der Waals surface area contributed by atoms with E-state index in [1.807, 2.05) is 0 Å². The second-order valence-corrected chi connectivity index (χ2v) is 4.53. The molecule has 0 aliphatic heterocycles. The van der Waals surface area contributed by atoms with Crippen LogP contribution in [0.25, 0.3) is 5.69 Å². The Morgan fingerprint density at radius 3 is 2.52 bits per heavy atom. The van der Waals surface area contributed by atoms with Gasteiger partial charge in [0.2, 0.25) is 0 Å². The minimum Gasteiger partial charge on any atom is -0.504 e. The molecule has 1 N–H and O–H groups in total. The fraction of sp³-hybridized carbons (Fsp3) is 0.167. The SMILES string of the molecule is Cc1c(C(F)(F)F)cnn(-c2ccc(Cl)c(O)c2F)c1=O.